The van der Waals surface area contributed by atoms with Gasteiger partial charge in [-0.1, -0.05) is 18.2 Å². The topological polar surface area (TPSA) is 78.4 Å². The maximum Gasteiger partial charge on any atom is 0.309 e. The van der Waals surface area contributed by atoms with Crippen LogP contribution in [0.1, 0.15) is 5.56 Å². The third kappa shape index (κ3) is 4.69. The van der Waals surface area contributed by atoms with Gasteiger partial charge in [-0.15, -0.1) is 6.58 Å². The molecule has 0 aliphatic rings. The van der Waals surface area contributed by atoms with E-state index in [-0.39, 0.29) is 12.3 Å². The number of hydrogen-bond donors (Lipinski definition) is 3. The number of carbonyl (C=O) groups excluding carboxylic acids is 2. The van der Waals surface area contributed by atoms with Gasteiger partial charge in [-0.05, 0) is 24.1 Å². The summed E-state index contributed by atoms with van der Waals surface area (Å²) in [6, 6.07) is 6.68. The first-order chi connectivity index (χ1) is 8.63. The number of phenolic OH excluding ortho intramolecular Hbond substituents is 1. The molecule has 0 heterocycles. The molecule has 0 bridgehead atoms. The summed E-state index contributed by atoms with van der Waals surface area (Å²) >= 11 is 0. The Morgan fingerprint density at radius 2 is 1.78 bits per heavy atom. The molecule has 0 radical (unpaired) electrons. The Bertz CT molecular complexity index is 426. The van der Waals surface area contributed by atoms with Gasteiger partial charge < -0.3 is 15.7 Å². The molecule has 1 rings (SSSR count). The van der Waals surface area contributed by atoms with Crippen molar-refractivity contribution in [3.05, 3.63) is 42.5 Å². The molecule has 0 saturated heterocycles. The normalized spacial score (nSPS) is 9.56. The summed E-state index contributed by atoms with van der Waals surface area (Å²) in [4.78, 5) is 22.5. The van der Waals surface area contributed by atoms with E-state index in [2.05, 4.69) is 17.2 Å². The summed E-state index contributed by atoms with van der Waals surface area (Å²) in [6.07, 6.45) is 2.10. The molecule has 1 aromatic carbocycles. The zero-order valence-electron chi connectivity index (χ0n) is 9.98. The van der Waals surface area contributed by atoms with Crippen LogP contribution in [-0.2, 0) is 16.0 Å². The van der Waals surface area contributed by atoms with Crippen molar-refractivity contribution in [3.63, 3.8) is 0 Å². The number of hydrogen-bond acceptors (Lipinski definition) is 3. The monoisotopic (exact) mass is 248 g/mol. The zero-order chi connectivity index (χ0) is 13.4. The van der Waals surface area contributed by atoms with Crippen LogP contribution in [0.5, 0.6) is 5.75 Å². The van der Waals surface area contributed by atoms with Gasteiger partial charge in [0.2, 0.25) is 0 Å². The molecule has 0 fully saturated rings. The average Bonchev–Trinajstić information content (AvgIpc) is 2.38. The highest BCUT2D eigenvalue weighted by molar-refractivity contribution is 6.35. The largest absolute Gasteiger partial charge is 0.508 e. The van der Waals surface area contributed by atoms with Gasteiger partial charge in [0.05, 0.1) is 0 Å². The van der Waals surface area contributed by atoms with E-state index in [4.69, 9.17) is 5.11 Å². The van der Waals surface area contributed by atoms with Gasteiger partial charge in [0.25, 0.3) is 0 Å². The van der Waals surface area contributed by atoms with Crippen molar-refractivity contribution >= 4 is 11.8 Å². The average molecular weight is 248 g/mol. The van der Waals surface area contributed by atoms with Crippen molar-refractivity contribution in [1.29, 1.82) is 0 Å². The zero-order valence-corrected chi connectivity index (χ0v) is 9.98. The third-order valence-corrected chi connectivity index (χ3v) is 2.25. The quantitative estimate of drug-likeness (QED) is 0.520. The number of carbonyl (C=O) groups is 2. The fraction of sp³-hybridized carbons (Fsp3) is 0.231. The molecule has 0 saturated carbocycles. The van der Waals surface area contributed by atoms with Crippen LogP contribution in [0.25, 0.3) is 0 Å². The van der Waals surface area contributed by atoms with Crippen LogP contribution in [0.4, 0.5) is 0 Å². The number of phenols is 1. The van der Waals surface area contributed by atoms with E-state index in [1.807, 2.05) is 0 Å². The lowest BCUT2D eigenvalue weighted by molar-refractivity contribution is -0.139. The summed E-state index contributed by atoms with van der Waals surface area (Å²) < 4.78 is 0. The second-order valence-electron chi connectivity index (χ2n) is 3.67. The van der Waals surface area contributed by atoms with Crippen LogP contribution >= 0.6 is 0 Å². The molecule has 0 aromatic heterocycles. The van der Waals surface area contributed by atoms with Gasteiger partial charge in [0.15, 0.2) is 0 Å². The van der Waals surface area contributed by atoms with Crippen LogP contribution in [0.3, 0.4) is 0 Å². The predicted octanol–water partition coefficient (Wildman–Crippen LogP) is 0.353. The lowest BCUT2D eigenvalue weighted by Crippen LogP contribution is -2.40. The fourth-order valence-electron chi connectivity index (χ4n) is 1.31. The Balaban J connectivity index is 2.28. The first-order valence-electron chi connectivity index (χ1n) is 5.58. The summed E-state index contributed by atoms with van der Waals surface area (Å²) in [5.74, 6) is -1.12. The summed E-state index contributed by atoms with van der Waals surface area (Å²) in [6.45, 7) is 4.07. The van der Waals surface area contributed by atoms with Gasteiger partial charge in [-0.3, -0.25) is 9.59 Å². The minimum atomic E-state index is -0.666. The SMILES string of the molecule is C=CCNC(=O)C(=O)NCCc1ccc(O)cc1. The number of amides is 2. The molecule has 3 N–H and O–H groups in total. The Hall–Kier alpha value is -2.30. The summed E-state index contributed by atoms with van der Waals surface area (Å²) in [7, 11) is 0. The molecule has 2 amide bonds. The Kier molecular flexibility index (Phi) is 5.44. The van der Waals surface area contributed by atoms with Crippen LogP contribution < -0.4 is 10.6 Å². The Morgan fingerprint density at radius 3 is 2.39 bits per heavy atom. The Labute approximate surface area is 106 Å². The predicted molar refractivity (Wildman–Crippen MR) is 68.0 cm³/mol. The highest BCUT2D eigenvalue weighted by Gasteiger charge is 2.10. The van der Waals surface area contributed by atoms with Crippen molar-refractivity contribution < 1.29 is 14.7 Å². The second-order valence-corrected chi connectivity index (χ2v) is 3.67. The number of rotatable bonds is 5. The van der Waals surface area contributed by atoms with Crippen molar-refractivity contribution in [2.75, 3.05) is 13.1 Å². The van der Waals surface area contributed by atoms with Crippen LogP contribution in [0, 0.1) is 0 Å². The van der Waals surface area contributed by atoms with E-state index in [0.29, 0.717) is 13.0 Å². The molecule has 0 unspecified atom stereocenters. The third-order valence-electron chi connectivity index (χ3n) is 2.25. The van der Waals surface area contributed by atoms with Gasteiger partial charge >= 0.3 is 11.8 Å². The lowest BCUT2D eigenvalue weighted by atomic mass is 10.1. The van der Waals surface area contributed by atoms with E-state index in [9.17, 15) is 9.59 Å². The van der Waals surface area contributed by atoms with E-state index < -0.39 is 11.8 Å². The maximum atomic E-state index is 11.3. The van der Waals surface area contributed by atoms with E-state index in [1.165, 1.54) is 6.08 Å². The molecule has 0 spiro atoms. The van der Waals surface area contributed by atoms with Gasteiger partial charge in [-0.2, -0.15) is 0 Å². The Morgan fingerprint density at radius 1 is 1.17 bits per heavy atom. The van der Waals surface area contributed by atoms with E-state index in [0.717, 1.165) is 5.56 Å². The summed E-state index contributed by atoms with van der Waals surface area (Å²) in [5.41, 5.74) is 0.972. The van der Waals surface area contributed by atoms with Gasteiger partial charge in [-0.25, -0.2) is 0 Å². The van der Waals surface area contributed by atoms with E-state index in [1.54, 1.807) is 24.3 Å². The number of nitrogens with one attached hydrogen (secondary N) is 2. The maximum absolute atomic E-state index is 11.3. The minimum Gasteiger partial charge on any atom is -0.508 e. The van der Waals surface area contributed by atoms with Crippen molar-refractivity contribution in [2.24, 2.45) is 0 Å². The van der Waals surface area contributed by atoms with Crippen molar-refractivity contribution in [1.82, 2.24) is 10.6 Å². The van der Waals surface area contributed by atoms with E-state index >= 15 is 0 Å². The highest BCUT2D eigenvalue weighted by Crippen LogP contribution is 2.09. The van der Waals surface area contributed by atoms with Crippen LogP contribution in [0.15, 0.2) is 36.9 Å². The summed E-state index contributed by atoms with van der Waals surface area (Å²) in [5, 5.41) is 14.0. The smallest absolute Gasteiger partial charge is 0.309 e. The first-order valence-corrected chi connectivity index (χ1v) is 5.58. The standard InChI is InChI=1S/C13H16N2O3/c1-2-8-14-12(17)13(18)15-9-7-10-3-5-11(16)6-4-10/h2-6,16H,1,7-9H2,(H,14,17)(H,15,18). The minimum absolute atomic E-state index is 0.201. The van der Waals surface area contributed by atoms with Crippen LogP contribution in [-0.4, -0.2) is 30.0 Å². The fourth-order valence-corrected chi connectivity index (χ4v) is 1.31. The van der Waals surface area contributed by atoms with Gasteiger partial charge in [0.1, 0.15) is 5.75 Å². The molecular formula is C13H16N2O3. The lowest BCUT2D eigenvalue weighted by Gasteiger charge is -2.05. The van der Waals surface area contributed by atoms with Crippen molar-refractivity contribution in [2.45, 2.75) is 6.42 Å². The molecule has 5 heteroatoms. The molecular weight excluding hydrogens is 232 g/mol. The molecule has 96 valence electrons. The van der Waals surface area contributed by atoms with Crippen LogP contribution in [0.2, 0.25) is 0 Å². The molecule has 0 atom stereocenters. The molecule has 0 aliphatic heterocycles. The van der Waals surface area contributed by atoms with Gasteiger partial charge in [0, 0.05) is 13.1 Å². The molecule has 0 aliphatic carbocycles. The molecule has 1 aromatic rings. The number of benzene rings is 1. The molecule has 5 nitrogen and oxygen atoms in total. The first kappa shape index (κ1) is 13.8. The number of aromatic hydroxyl groups is 1. The molecule has 18 heavy (non-hydrogen) atoms. The highest BCUT2D eigenvalue weighted by atomic mass is 16.3. The van der Waals surface area contributed by atoms with Crippen molar-refractivity contribution in [3.8, 4) is 5.75 Å². The second kappa shape index (κ2) is 7.11.